The average Bonchev–Trinajstić information content (AvgIpc) is 2.43. The average molecular weight is 289 g/mol. The second kappa shape index (κ2) is 10.7. The summed E-state index contributed by atoms with van der Waals surface area (Å²) < 4.78 is 0. The number of allylic oxidation sites excluding steroid dienone is 7. The summed E-state index contributed by atoms with van der Waals surface area (Å²) in [5, 5.41) is 0. The molecule has 0 aromatic rings. The zero-order valence-corrected chi connectivity index (χ0v) is 15.5. The first-order chi connectivity index (χ1) is 9.88. The van der Waals surface area contributed by atoms with E-state index in [1.54, 1.807) is 5.57 Å². The Hall–Kier alpha value is -1.04. The minimum atomic E-state index is 0.538. The standard InChI is InChI=1S/C21H36/c1-9-12-13-14-19(11-3)21(17(6)7)20(16(4)5)15-18(8)10-2/h13-14,19H,8-12,15H2,1-7H3. The molecule has 0 aliphatic carbocycles. The van der Waals surface area contributed by atoms with Gasteiger partial charge in [0.25, 0.3) is 0 Å². The third-order valence-electron chi connectivity index (χ3n) is 4.03. The minimum Gasteiger partial charge on any atom is -0.0995 e. The van der Waals surface area contributed by atoms with Crippen LogP contribution in [0.15, 0.2) is 46.6 Å². The SMILES string of the molecule is C=C(CC)CC(=C(C)C)C(=C(C)C)C(C=CCCC)CC. The molecule has 0 fully saturated rings. The molecule has 0 N–H and O–H groups in total. The Balaban J connectivity index is 5.59. The summed E-state index contributed by atoms with van der Waals surface area (Å²) in [6, 6.07) is 0. The van der Waals surface area contributed by atoms with Gasteiger partial charge in [0.1, 0.15) is 0 Å². The maximum Gasteiger partial charge on any atom is 0.00175 e. The van der Waals surface area contributed by atoms with Gasteiger partial charge in [0.15, 0.2) is 0 Å². The highest BCUT2D eigenvalue weighted by atomic mass is 14.2. The first kappa shape index (κ1) is 20.0. The summed E-state index contributed by atoms with van der Waals surface area (Å²) in [6.07, 6.45) is 10.4. The van der Waals surface area contributed by atoms with E-state index in [9.17, 15) is 0 Å². The number of hydrogen-bond donors (Lipinski definition) is 0. The maximum atomic E-state index is 4.22. The molecule has 21 heavy (non-hydrogen) atoms. The molecule has 0 aromatic heterocycles. The van der Waals surface area contributed by atoms with Crippen LogP contribution in [0.25, 0.3) is 0 Å². The zero-order valence-electron chi connectivity index (χ0n) is 15.5. The van der Waals surface area contributed by atoms with Crippen molar-refractivity contribution in [3.8, 4) is 0 Å². The predicted octanol–water partition coefficient (Wildman–Crippen LogP) is 7.40. The van der Waals surface area contributed by atoms with E-state index in [0.29, 0.717) is 5.92 Å². The summed E-state index contributed by atoms with van der Waals surface area (Å²) in [5.74, 6) is 0.538. The Kier molecular flexibility index (Phi) is 10.1. The van der Waals surface area contributed by atoms with Gasteiger partial charge in [0, 0.05) is 5.92 Å². The van der Waals surface area contributed by atoms with Crippen LogP contribution in [0.1, 0.15) is 80.6 Å². The van der Waals surface area contributed by atoms with E-state index < -0.39 is 0 Å². The molecule has 120 valence electrons. The van der Waals surface area contributed by atoms with Crippen molar-refractivity contribution >= 4 is 0 Å². The monoisotopic (exact) mass is 288 g/mol. The van der Waals surface area contributed by atoms with Crippen molar-refractivity contribution in [3.63, 3.8) is 0 Å². The lowest BCUT2D eigenvalue weighted by molar-refractivity contribution is 0.710. The van der Waals surface area contributed by atoms with Crippen molar-refractivity contribution in [2.75, 3.05) is 0 Å². The molecule has 1 unspecified atom stereocenters. The molecule has 0 radical (unpaired) electrons. The number of rotatable bonds is 9. The number of unbranched alkanes of at least 4 members (excludes halogenated alkanes) is 1. The summed E-state index contributed by atoms with van der Waals surface area (Å²) in [7, 11) is 0. The van der Waals surface area contributed by atoms with Crippen LogP contribution in [0.3, 0.4) is 0 Å². The lowest BCUT2D eigenvalue weighted by atomic mass is 9.82. The molecule has 0 saturated carbocycles. The van der Waals surface area contributed by atoms with Crippen molar-refractivity contribution in [2.45, 2.75) is 80.6 Å². The molecule has 0 amide bonds. The van der Waals surface area contributed by atoms with Crippen molar-refractivity contribution in [3.05, 3.63) is 46.6 Å². The first-order valence-electron chi connectivity index (χ1n) is 8.56. The van der Waals surface area contributed by atoms with E-state index in [1.165, 1.54) is 35.1 Å². The third-order valence-corrected chi connectivity index (χ3v) is 4.03. The Morgan fingerprint density at radius 2 is 1.62 bits per heavy atom. The second-order valence-electron chi connectivity index (χ2n) is 6.40. The molecular formula is C21H36. The van der Waals surface area contributed by atoms with Crippen LogP contribution in [-0.4, -0.2) is 0 Å². The number of hydrogen-bond acceptors (Lipinski definition) is 0. The van der Waals surface area contributed by atoms with Crippen LogP contribution in [-0.2, 0) is 0 Å². The van der Waals surface area contributed by atoms with E-state index in [4.69, 9.17) is 0 Å². The van der Waals surface area contributed by atoms with Gasteiger partial charge < -0.3 is 0 Å². The fraction of sp³-hybridized carbons (Fsp3) is 0.619. The van der Waals surface area contributed by atoms with Gasteiger partial charge >= 0.3 is 0 Å². The van der Waals surface area contributed by atoms with E-state index in [-0.39, 0.29) is 0 Å². The van der Waals surface area contributed by atoms with Crippen LogP contribution < -0.4 is 0 Å². The summed E-state index contributed by atoms with van der Waals surface area (Å²) in [6.45, 7) is 19.9. The summed E-state index contributed by atoms with van der Waals surface area (Å²) in [5.41, 5.74) is 7.26. The highest BCUT2D eigenvalue weighted by Crippen LogP contribution is 2.33. The molecule has 0 spiro atoms. The molecule has 1 atom stereocenters. The Labute approximate surface area is 133 Å². The Morgan fingerprint density at radius 3 is 2.00 bits per heavy atom. The van der Waals surface area contributed by atoms with Gasteiger partial charge in [-0.1, -0.05) is 62.6 Å². The topological polar surface area (TPSA) is 0 Å². The van der Waals surface area contributed by atoms with Crippen LogP contribution in [0.5, 0.6) is 0 Å². The van der Waals surface area contributed by atoms with Gasteiger partial charge in [-0.05, 0) is 64.5 Å². The molecule has 0 saturated heterocycles. The molecule has 0 heterocycles. The third kappa shape index (κ3) is 6.98. The van der Waals surface area contributed by atoms with Crippen molar-refractivity contribution in [1.82, 2.24) is 0 Å². The maximum absolute atomic E-state index is 4.22. The Bertz CT molecular complexity index is 407. The van der Waals surface area contributed by atoms with Crippen LogP contribution >= 0.6 is 0 Å². The zero-order chi connectivity index (χ0) is 16.4. The van der Waals surface area contributed by atoms with Gasteiger partial charge in [0.2, 0.25) is 0 Å². The van der Waals surface area contributed by atoms with Crippen molar-refractivity contribution < 1.29 is 0 Å². The lowest BCUT2D eigenvalue weighted by Crippen LogP contribution is -2.07. The first-order valence-corrected chi connectivity index (χ1v) is 8.56. The van der Waals surface area contributed by atoms with Crippen LogP contribution in [0.2, 0.25) is 0 Å². The second-order valence-corrected chi connectivity index (χ2v) is 6.40. The molecule has 0 rings (SSSR count). The fourth-order valence-electron chi connectivity index (χ4n) is 2.68. The van der Waals surface area contributed by atoms with E-state index in [2.05, 4.69) is 67.2 Å². The predicted molar refractivity (Wildman–Crippen MR) is 98.6 cm³/mol. The van der Waals surface area contributed by atoms with Gasteiger partial charge in [-0.25, -0.2) is 0 Å². The summed E-state index contributed by atoms with van der Waals surface area (Å²) >= 11 is 0. The smallest absolute Gasteiger partial charge is 0.00175 e. The van der Waals surface area contributed by atoms with Crippen molar-refractivity contribution in [2.24, 2.45) is 5.92 Å². The molecule has 0 aliphatic rings. The van der Waals surface area contributed by atoms with E-state index >= 15 is 0 Å². The molecule has 0 bridgehead atoms. The van der Waals surface area contributed by atoms with Gasteiger partial charge in [-0.3, -0.25) is 0 Å². The van der Waals surface area contributed by atoms with Gasteiger partial charge in [-0.2, -0.15) is 0 Å². The quantitative estimate of drug-likeness (QED) is 0.306. The van der Waals surface area contributed by atoms with Crippen LogP contribution in [0, 0.1) is 5.92 Å². The normalized spacial score (nSPS) is 12.3. The molecule has 0 aromatic carbocycles. The van der Waals surface area contributed by atoms with Crippen LogP contribution in [0.4, 0.5) is 0 Å². The molecule has 0 nitrogen and oxygen atoms in total. The fourth-order valence-corrected chi connectivity index (χ4v) is 2.68. The van der Waals surface area contributed by atoms with Gasteiger partial charge in [0.05, 0.1) is 0 Å². The van der Waals surface area contributed by atoms with Crippen molar-refractivity contribution in [1.29, 1.82) is 0 Å². The van der Waals surface area contributed by atoms with Gasteiger partial charge in [-0.15, -0.1) is 0 Å². The molecule has 0 aliphatic heterocycles. The highest BCUT2D eigenvalue weighted by molar-refractivity contribution is 5.42. The minimum absolute atomic E-state index is 0.538. The highest BCUT2D eigenvalue weighted by Gasteiger charge is 2.17. The summed E-state index contributed by atoms with van der Waals surface area (Å²) in [4.78, 5) is 0. The molecule has 0 heteroatoms. The largest absolute Gasteiger partial charge is 0.0995 e. The van der Waals surface area contributed by atoms with E-state index in [0.717, 1.165) is 19.3 Å². The Morgan fingerprint density at radius 1 is 1.00 bits per heavy atom. The lowest BCUT2D eigenvalue weighted by Gasteiger charge is -2.23. The molecular weight excluding hydrogens is 252 g/mol. The van der Waals surface area contributed by atoms with E-state index in [1.807, 2.05) is 0 Å².